The molecule has 0 aliphatic carbocycles. The van der Waals surface area contributed by atoms with Crippen LogP contribution in [0.5, 0.6) is 17.2 Å². The fourth-order valence-electron chi connectivity index (χ4n) is 3.65. The van der Waals surface area contributed by atoms with Crippen LogP contribution in [-0.4, -0.2) is 29.8 Å². The van der Waals surface area contributed by atoms with Gasteiger partial charge in [-0.15, -0.1) is 0 Å². The molecule has 0 bridgehead atoms. The summed E-state index contributed by atoms with van der Waals surface area (Å²) >= 11 is 0. The monoisotopic (exact) mass is 421 g/mol. The Bertz CT molecular complexity index is 945. The van der Waals surface area contributed by atoms with Gasteiger partial charge in [-0.25, -0.2) is 0 Å². The van der Waals surface area contributed by atoms with Gasteiger partial charge in [-0.2, -0.15) is 0 Å². The Morgan fingerprint density at radius 1 is 0.613 bits per heavy atom. The molecule has 0 saturated carbocycles. The van der Waals surface area contributed by atoms with Crippen molar-refractivity contribution < 1.29 is 20.2 Å². The van der Waals surface area contributed by atoms with Crippen LogP contribution >= 0.6 is 0 Å². The average molecular weight is 422 g/mol. The molecule has 0 fully saturated rings. The predicted octanol–water partition coefficient (Wildman–Crippen LogP) is 4.36. The number of hydrogen-bond donors (Lipinski definition) is 3. The van der Waals surface area contributed by atoms with E-state index >= 15 is 0 Å². The lowest BCUT2D eigenvalue weighted by Crippen LogP contribution is -3.11. The largest absolute Gasteiger partial charge is 0.872 e. The van der Waals surface area contributed by atoms with Gasteiger partial charge in [-0.1, -0.05) is 41.1 Å². The van der Waals surface area contributed by atoms with Gasteiger partial charge in [0.2, 0.25) is 0 Å². The van der Waals surface area contributed by atoms with E-state index in [9.17, 15) is 15.3 Å². The van der Waals surface area contributed by atoms with Crippen molar-refractivity contribution in [2.45, 2.75) is 41.5 Å². The van der Waals surface area contributed by atoms with E-state index in [1.165, 1.54) is 19.6 Å². The fraction of sp³-hybridized carbons (Fsp3) is 0.333. The summed E-state index contributed by atoms with van der Waals surface area (Å²) in [6.07, 6.45) is 0. The highest BCUT2D eigenvalue weighted by atomic mass is 16.3. The Hall–Kier alpha value is -2.98. The maximum absolute atomic E-state index is 13.0. The van der Waals surface area contributed by atoms with E-state index in [0.717, 1.165) is 16.7 Å². The number of aromatic hydroxyl groups is 2. The Kier molecular flexibility index (Phi) is 8.52. The molecule has 0 amide bonds. The Morgan fingerprint density at radius 2 is 0.968 bits per heavy atom. The minimum absolute atomic E-state index is 0.0720. The first kappa shape index (κ1) is 24.3. The molecule has 0 atom stereocenters. The van der Waals surface area contributed by atoms with Gasteiger partial charge in [0.15, 0.2) is 0 Å². The van der Waals surface area contributed by atoms with Gasteiger partial charge < -0.3 is 20.2 Å². The third-order valence-corrected chi connectivity index (χ3v) is 5.62. The standard InChI is InChI=1S/C21H20O3.C6H15N/c1-12-4-6-19(22)15(8-12)17-10-14(3)11-18(21(17)24)16-9-13(2)5-7-20(16)23;1-4-7(5-2)6-3/h4-11,22-24H,1-3H3;4-6H2,1-3H3. The number of phenols is 2. The second-order valence-corrected chi connectivity index (χ2v) is 8.04. The first-order valence-electron chi connectivity index (χ1n) is 11.0. The normalized spacial score (nSPS) is 10.7. The Balaban J connectivity index is 0.000000423. The zero-order chi connectivity index (χ0) is 23.1. The van der Waals surface area contributed by atoms with Gasteiger partial charge in [0.1, 0.15) is 11.5 Å². The molecule has 4 heteroatoms. The summed E-state index contributed by atoms with van der Waals surface area (Å²) in [4.78, 5) is 1.68. The molecule has 3 N–H and O–H groups in total. The van der Waals surface area contributed by atoms with E-state index in [4.69, 9.17) is 0 Å². The van der Waals surface area contributed by atoms with E-state index in [1.807, 2.05) is 20.8 Å². The third kappa shape index (κ3) is 6.02. The Morgan fingerprint density at radius 3 is 1.29 bits per heavy atom. The summed E-state index contributed by atoms with van der Waals surface area (Å²) in [6.45, 7) is 16.2. The van der Waals surface area contributed by atoms with Crippen molar-refractivity contribution in [3.05, 3.63) is 65.2 Å². The minimum atomic E-state index is -0.206. The molecular formula is C27H35NO3. The molecule has 0 aliphatic rings. The molecule has 0 saturated heterocycles. The van der Waals surface area contributed by atoms with Crippen LogP contribution in [0.2, 0.25) is 0 Å². The van der Waals surface area contributed by atoms with E-state index < -0.39 is 0 Å². The van der Waals surface area contributed by atoms with Crippen LogP contribution in [-0.2, 0) is 0 Å². The molecule has 4 nitrogen and oxygen atoms in total. The topological polar surface area (TPSA) is 68.0 Å². The van der Waals surface area contributed by atoms with Crippen molar-refractivity contribution >= 4 is 0 Å². The van der Waals surface area contributed by atoms with Crippen LogP contribution < -0.4 is 10.0 Å². The molecule has 3 aromatic rings. The molecule has 0 radical (unpaired) electrons. The van der Waals surface area contributed by atoms with E-state index in [0.29, 0.717) is 22.3 Å². The summed E-state index contributed by atoms with van der Waals surface area (Å²) in [7, 11) is 0. The number of phenolic OH excluding ortho intramolecular Hbond substituents is 2. The number of nitrogens with one attached hydrogen (secondary N) is 1. The van der Waals surface area contributed by atoms with Gasteiger partial charge in [0.25, 0.3) is 0 Å². The molecule has 0 aliphatic heterocycles. The lowest BCUT2D eigenvalue weighted by atomic mass is 9.93. The molecule has 3 aromatic carbocycles. The molecule has 0 heterocycles. The van der Waals surface area contributed by atoms with Gasteiger partial charge in [0, 0.05) is 11.1 Å². The first-order valence-corrected chi connectivity index (χ1v) is 11.0. The molecule has 31 heavy (non-hydrogen) atoms. The molecule has 166 valence electrons. The Labute approximate surface area is 186 Å². The second kappa shape index (κ2) is 10.9. The lowest BCUT2D eigenvalue weighted by Gasteiger charge is -2.22. The quantitative estimate of drug-likeness (QED) is 0.573. The van der Waals surface area contributed by atoms with Crippen LogP contribution in [0.3, 0.4) is 0 Å². The number of benzene rings is 3. The first-order chi connectivity index (χ1) is 14.7. The van der Waals surface area contributed by atoms with Crippen LogP contribution in [0.1, 0.15) is 37.5 Å². The van der Waals surface area contributed by atoms with Gasteiger partial charge in [0.05, 0.1) is 19.6 Å². The fourth-order valence-corrected chi connectivity index (χ4v) is 3.65. The van der Waals surface area contributed by atoms with Crippen molar-refractivity contribution in [2.24, 2.45) is 0 Å². The zero-order valence-electron chi connectivity index (χ0n) is 19.5. The average Bonchev–Trinajstić information content (AvgIpc) is 2.75. The summed E-state index contributed by atoms with van der Waals surface area (Å²) in [5, 5.41) is 33.4. The maximum atomic E-state index is 13.0. The molecule has 0 spiro atoms. The molecular weight excluding hydrogens is 386 g/mol. The van der Waals surface area contributed by atoms with Crippen molar-refractivity contribution in [1.29, 1.82) is 0 Å². The van der Waals surface area contributed by atoms with Crippen LogP contribution in [0, 0.1) is 20.8 Å². The number of hydrogen-bond acceptors (Lipinski definition) is 3. The van der Waals surface area contributed by atoms with E-state index in [-0.39, 0.29) is 17.2 Å². The summed E-state index contributed by atoms with van der Waals surface area (Å²) in [5.41, 5.74) is 4.71. The number of quaternary nitrogens is 1. The maximum Gasteiger partial charge on any atom is 0.123 e. The second-order valence-electron chi connectivity index (χ2n) is 8.04. The van der Waals surface area contributed by atoms with Crippen molar-refractivity contribution in [3.63, 3.8) is 0 Å². The highest BCUT2D eigenvalue weighted by molar-refractivity contribution is 5.86. The summed E-state index contributed by atoms with van der Waals surface area (Å²) in [6, 6.07) is 13.9. The van der Waals surface area contributed by atoms with E-state index in [2.05, 4.69) is 20.8 Å². The highest BCUT2D eigenvalue weighted by Gasteiger charge is 2.12. The van der Waals surface area contributed by atoms with Gasteiger partial charge in [-0.05, 0) is 82.5 Å². The lowest BCUT2D eigenvalue weighted by molar-refractivity contribution is -0.894. The highest BCUT2D eigenvalue weighted by Crippen LogP contribution is 2.43. The van der Waals surface area contributed by atoms with Crippen LogP contribution in [0.25, 0.3) is 22.3 Å². The smallest absolute Gasteiger partial charge is 0.123 e. The van der Waals surface area contributed by atoms with Gasteiger partial charge >= 0.3 is 0 Å². The van der Waals surface area contributed by atoms with E-state index in [1.54, 1.807) is 53.4 Å². The van der Waals surface area contributed by atoms with Gasteiger partial charge in [-0.3, -0.25) is 0 Å². The van der Waals surface area contributed by atoms with Crippen LogP contribution in [0.15, 0.2) is 48.5 Å². The predicted molar refractivity (Wildman–Crippen MR) is 127 cm³/mol. The number of aryl methyl sites for hydroxylation is 3. The van der Waals surface area contributed by atoms with Crippen molar-refractivity contribution in [1.82, 2.24) is 0 Å². The summed E-state index contributed by atoms with van der Waals surface area (Å²) < 4.78 is 0. The molecule has 3 rings (SSSR count). The number of rotatable bonds is 5. The van der Waals surface area contributed by atoms with Crippen molar-refractivity contribution in [2.75, 3.05) is 19.6 Å². The van der Waals surface area contributed by atoms with Crippen molar-refractivity contribution in [3.8, 4) is 39.5 Å². The summed E-state index contributed by atoms with van der Waals surface area (Å²) in [5.74, 6) is -0.0622. The van der Waals surface area contributed by atoms with Crippen LogP contribution in [0.4, 0.5) is 0 Å². The SMILES string of the molecule is CC[NH+](CC)CC.Cc1ccc(O)c(-c2cc(C)cc(-c3cc(C)ccc3O)c2[O-])c1. The third-order valence-electron chi connectivity index (χ3n) is 5.62. The zero-order valence-corrected chi connectivity index (χ0v) is 19.5. The minimum Gasteiger partial charge on any atom is -0.872 e. The molecule has 0 aromatic heterocycles. The molecule has 0 unspecified atom stereocenters.